The number of rotatable bonds is 3. The van der Waals surface area contributed by atoms with Crippen molar-refractivity contribution in [3.05, 3.63) is 107 Å². The Morgan fingerprint density at radius 2 is 1.06 bits per heavy atom. The molecule has 0 aromatic heterocycles. The van der Waals surface area contributed by atoms with Crippen molar-refractivity contribution in [3.63, 3.8) is 0 Å². The molecule has 0 aliphatic heterocycles. The maximum Gasteiger partial charge on any atom is 0.123 e. The molecule has 6 N–H and O–H groups in total. The molecule has 170 valence electrons. The Morgan fingerprint density at radius 1 is 0.500 bits per heavy atom. The van der Waals surface area contributed by atoms with Crippen molar-refractivity contribution in [1.29, 1.82) is 0 Å². The fourth-order valence-electron chi connectivity index (χ4n) is 4.83. The smallest absolute Gasteiger partial charge is 0.123 e. The first-order valence-corrected chi connectivity index (χ1v) is 10.7. The van der Waals surface area contributed by atoms with E-state index in [0.717, 1.165) is 16.7 Å². The third kappa shape index (κ3) is 3.75. The minimum absolute atomic E-state index is 0.0865. The van der Waals surface area contributed by atoms with Crippen LogP contribution >= 0.6 is 0 Å². The molecular weight excluding hydrogens is 432 g/mol. The predicted octanol–water partition coefficient (Wildman–Crippen LogP) is 5.39. The molecule has 0 radical (unpaired) electrons. The van der Waals surface area contributed by atoms with E-state index >= 15 is 0 Å². The molecule has 6 nitrogen and oxygen atoms in total. The van der Waals surface area contributed by atoms with Gasteiger partial charge in [0, 0.05) is 29.5 Å². The summed E-state index contributed by atoms with van der Waals surface area (Å²) in [7, 11) is 0. The molecule has 34 heavy (non-hydrogen) atoms. The van der Waals surface area contributed by atoms with E-state index in [1.54, 1.807) is 66.7 Å². The molecule has 0 spiro atoms. The molecule has 0 amide bonds. The average Bonchev–Trinajstić information content (AvgIpc) is 3.09. The number of fused-ring (bicyclic) bond motifs is 1. The monoisotopic (exact) mass is 454 g/mol. The summed E-state index contributed by atoms with van der Waals surface area (Å²) in [4.78, 5) is 0. The number of benzene rings is 4. The molecule has 2 atom stereocenters. The highest BCUT2D eigenvalue weighted by Crippen LogP contribution is 2.58. The molecule has 4 aromatic carbocycles. The second-order valence-corrected chi connectivity index (χ2v) is 8.45. The van der Waals surface area contributed by atoms with Crippen LogP contribution in [0.2, 0.25) is 0 Å². The summed E-state index contributed by atoms with van der Waals surface area (Å²) < 4.78 is 0. The molecule has 1 aliphatic carbocycles. The minimum atomic E-state index is -0.459. The summed E-state index contributed by atoms with van der Waals surface area (Å²) in [6.07, 6.45) is 1.89. The quantitative estimate of drug-likeness (QED) is 0.247. The second-order valence-electron chi connectivity index (χ2n) is 8.45. The van der Waals surface area contributed by atoms with Crippen LogP contribution in [-0.4, -0.2) is 30.6 Å². The third-order valence-electron chi connectivity index (χ3n) is 6.18. The Balaban J connectivity index is 1.82. The summed E-state index contributed by atoms with van der Waals surface area (Å²) in [5, 5.41) is 61.2. The van der Waals surface area contributed by atoms with E-state index in [1.165, 1.54) is 12.1 Å². The van der Waals surface area contributed by atoms with Crippen molar-refractivity contribution < 1.29 is 30.6 Å². The standard InChI is InChI=1S/C28H22O6/c29-18-5-1-15(2-6-18)9-23-24-13-22(33)14-25(34)28(24)27(16-3-7-19(30)8-4-16)26(23)17-10-20(31)12-21(32)11-17/h1-14,26-27,29-34H/t26-,27+/m1/s1. The minimum Gasteiger partial charge on any atom is -0.508 e. The van der Waals surface area contributed by atoms with Gasteiger partial charge in [0.05, 0.1) is 0 Å². The number of phenols is 6. The first kappa shape index (κ1) is 21.3. The molecule has 0 saturated carbocycles. The van der Waals surface area contributed by atoms with Crippen LogP contribution in [0.1, 0.15) is 39.7 Å². The zero-order chi connectivity index (χ0) is 24.0. The first-order valence-electron chi connectivity index (χ1n) is 10.7. The van der Waals surface area contributed by atoms with Crippen molar-refractivity contribution in [3.8, 4) is 34.5 Å². The van der Waals surface area contributed by atoms with Crippen molar-refractivity contribution in [2.45, 2.75) is 11.8 Å². The number of phenolic OH excluding ortho intramolecular Hbond substituents is 6. The fraction of sp³-hybridized carbons (Fsp3) is 0.0714. The van der Waals surface area contributed by atoms with Gasteiger partial charge in [-0.25, -0.2) is 0 Å². The SMILES string of the molecule is Oc1ccc(C=C2c3cc(O)cc(O)c3[C@@H](c3ccc(O)cc3)[C@@H]2c2cc(O)cc(O)c2)cc1. The van der Waals surface area contributed by atoms with Crippen molar-refractivity contribution in [1.82, 2.24) is 0 Å². The molecule has 0 fully saturated rings. The summed E-state index contributed by atoms with van der Waals surface area (Å²) in [6, 6.07) is 20.5. The highest BCUT2D eigenvalue weighted by molar-refractivity contribution is 5.93. The summed E-state index contributed by atoms with van der Waals surface area (Å²) in [5.41, 5.74) is 4.13. The van der Waals surface area contributed by atoms with Crippen LogP contribution in [0, 0.1) is 0 Å². The van der Waals surface area contributed by atoms with E-state index in [-0.39, 0.29) is 34.5 Å². The van der Waals surface area contributed by atoms with Crippen LogP contribution in [0.5, 0.6) is 34.5 Å². The van der Waals surface area contributed by atoms with Crippen molar-refractivity contribution >= 4 is 11.6 Å². The Labute approximate surface area is 195 Å². The summed E-state index contributed by atoms with van der Waals surface area (Å²) >= 11 is 0. The van der Waals surface area contributed by atoms with E-state index < -0.39 is 11.8 Å². The highest BCUT2D eigenvalue weighted by atomic mass is 16.3. The Hall–Kier alpha value is -4.58. The van der Waals surface area contributed by atoms with Crippen LogP contribution in [0.15, 0.2) is 78.9 Å². The molecule has 4 aromatic rings. The van der Waals surface area contributed by atoms with Crippen LogP contribution in [0.3, 0.4) is 0 Å². The number of allylic oxidation sites excluding steroid dienone is 1. The second kappa shape index (κ2) is 8.08. The van der Waals surface area contributed by atoms with Crippen LogP contribution in [0.25, 0.3) is 11.6 Å². The molecule has 0 saturated heterocycles. The normalized spacial score (nSPS) is 18.2. The number of hydrogen-bond acceptors (Lipinski definition) is 6. The van der Waals surface area contributed by atoms with Gasteiger partial charge in [0.1, 0.15) is 34.5 Å². The first-order chi connectivity index (χ1) is 16.3. The zero-order valence-corrected chi connectivity index (χ0v) is 17.9. The lowest BCUT2D eigenvalue weighted by Gasteiger charge is -2.23. The fourth-order valence-corrected chi connectivity index (χ4v) is 4.83. The van der Waals surface area contributed by atoms with Crippen LogP contribution in [-0.2, 0) is 0 Å². The van der Waals surface area contributed by atoms with E-state index in [0.29, 0.717) is 16.7 Å². The average molecular weight is 454 g/mol. The van der Waals surface area contributed by atoms with E-state index in [4.69, 9.17) is 0 Å². The third-order valence-corrected chi connectivity index (χ3v) is 6.18. The summed E-state index contributed by atoms with van der Waals surface area (Å²) in [6.45, 7) is 0. The summed E-state index contributed by atoms with van der Waals surface area (Å²) in [5.74, 6) is -1.07. The van der Waals surface area contributed by atoms with Crippen molar-refractivity contribution in [2.75, 3.05) is 0 Å². The van der Waals surface area contributed by atoms with Crippen LogP contribution < -0.4 is 0 Å². The van der Waals surface area contributed by atoms with Crippen LogP contribution in [0.4, 0.5) is 0 Å². The molecule has 0 unspecified atom stereocenters. The van der Waals surface area contributed by atoms with Crippen molar-refractivity contribution in [2.24, 2.45) is 0 Å². The topological polar surface area (TPSA) is 121 Å². The zero-order valence-electron chi connectivity index (χ0n) is 17.9. The van der Waals surface area contributed by atoms with E-state index in [1.807, 2.05) is 6.08 Å². The van der Waals surface area contributed by atoms with Gasteiger partial charge in [0.2, 0.25) is 0 Å². The van der Waals surface area contributed by atoms with Gasteiger partial charge in [-0.3, -0.25) is 0 Å². The number of hydrogen-bond donors (Lipinski definition) is 6. The molecule has 6 heteroatoms. The van der Waals surface area contributed by atoms with Gasteiger partial charge >= 0.3 is 0 Å². The molecular formula is C28H22O6. The predicted molar refractivity (Wildman–Crippen MR) is 128 cm³/mol. The number of aromatic hydroxyl groups is 6. The molecule has 0 bridgehead atoms. The van der Waals surface area contributed by atoms with Gasteiger partial charge in [-0.15, -0.1) is 0 Å². The van der Waals surface area contributed by atoms with Gasteiger partial charge in [0.15, 0.2) is 0 Å². The Bertz CT molecular complexity index is 1380. The lowest BCUT2D eigenvalue weighted by atomic mass is 9.79. The van der Waals surface area contributed by atoms with E-state index in [2.05, 4.69) is 0 Å². The molecule has 1 aliphatic rings. The molecule has 5 rings (SSSR count). The lowest BCUT2D eigenvalue weighted by Crippen LogP contribution is -2.08. The maximum atomic E-state index is 10.9. The van der Waals surface area contributed by atoms with Gasteiger partial charge in [-0.05, 0) is 70.3 Å². The Morgan fingerprint density at radius 3 is 1.68 bits per heavy atom. The van der Waals surface area contributed by atoms with Gasteiger partial charge in [0.25, 0.3) is 0 Å². The van der Waals surface area contributed by atoms with Gasteiger partial charge in [-0.1, -0.05) is 30.3 Å². The van der Waals surface area contributed by atoms with Gasteiger partial charge in [-0.2, -0.15) is 0 Å². The largest absolute Gasteiger partial charge is 0.508 e. The highest BCUT2D eigenvalue weighted by Gasteiger charge is 2.41. The van der Waals surface area contributed by atoms with Gasteiger partial charge < -0.3 is 30.6 Å². The molecule has 0 heterocycles. The van der Waals surface area contributed by atoms with E-state index in [9.17, 15) is 30.6 Å². The lowest BCUT2D eigenvalue weighted by molar-refractivity contribution is 0.444. The Kier molecular flexibility index (Phi) is 5.06. The maximum absolute atomic E-state index is 10.9.